The summed E-state index contributed by atoms with van der Waals surface area (Å²) in [6.07, 6.45) is 5.96. The molecule has 1 saturated heterocycles. The highest BCUT2D eigenvalue weighted by Crippen LogP contribution is 2.09. The first-order valence-corrected chi connectivity index (χ1v) is 6.20. The molecule has 1 N–H and O–H groups in total. The van der Waals surface area contributed by atoms with E-state index in [1.807, 2.05) is 13.8 Å². The molecule has 0 saturated carbocycles. The van der Waals surface area contributed by atoms with Crippen LogP contribution in [0.4, 0.5) is 0 Å². The van der Waals surface area contributed by atoms with Crippen LogP contribution in [0.25, 0.3) is 0 Å². The Labute approximate surface area is 93.2 Å². The third kappa shape index (κ3) is 5.78. The van der Waals surface area contributed by atoms with Crippen molar-refractivity contribution in [1.29, 1.82) is 0 Å². The summed E-state index contributed by atoms with van der Waals surface area (Å²) in [5.74, 6) is 0.189. The van der Waals surface area contributed by atoms with E-state index in [9.17, 15) is 4.79 Å². The number of rotatable bonds is 4. The molecule has 88 valence electrons. The van der Waals surface area contributed by atoms with Crippen LogP contribution in [0.15, 0.2) is 0 Å². The van der Waals surface area contributed by atoms with Crippen molar-refractivity contribution in [3.05, 3.63) is 0 Å². The molecule has 0 radical (unpaired) electrons. The summed E-state index contributed by atoms with van der Waals surface area (Å²) < 4.78 is 0. The van der Waals surface area contributed by atoms with Crippen molar-refractivity contribution in [3.63, 3.8) is 0 Å². The highest BCUT2D eigenvalue weighted by molar-refractivity contribution is 5.76. The zero-order valence-electron chi connectivity index (χ0n) is 10.1. The third-order valence-electron chi connectivity index (χ3n) is 2.80. The lowest BCUT2D eigenvalue weighted by Crippen LogP contribution is -2.34. The van der Waals surface area contributed by atoms with Crippen LogP contribution < -0.4 is 5.32 Å². The Kier molecular flexibility index (Phi) is 5.69. The smallest absolute Gasteiger partial charge is 0.221 e. The number of amides is 1. The van der Waals surface area contributed by atoms with E-state index in [0.717, 1.165) is 6.54 Å². The highest BCUT2D eigenvalue weighted by atomic mass is 16.1. The molecule has 1 aliphatic rings. The van der Waals surface area contributed by atoms with Crippen molar-refractivity contribution >= 4 is 5.91 Å². The minimum atomic E-state index is 0.189. The van der Waals surface area contributed by atoms with Gasteiger partial charge in [0.15, 0.2) is 0 Å². The van der Waals surface area contributed by atoms with E-state index in [-0.39, 0.29) is 11.9 Å². The number of carbonyl (C=O) groups excluding carboxylic acids is 1. The summed E-state index contributed by atoms with van der Waals surface area (Å²) in [4.78, 5) is 13.9. The van der Waals surface area contributed by atoms with Crippen molar-refractivity contribution in [2.75, 3.05) is 19.6 Å². The van der Waals surface area contributed by atoms with Gasteiger partial charge in [-0.15, -0.1) is 0 Å². The highest BCUT2D eigenvalue weighted by Gasteiger charge is 2.10. The Bertz CT molecular complexity index is 184. The van der Waals surface area contributed by atoms with Crippen molar-refractivity contribution < 1.29 is 4.79 Å². The van der Waals surface area contributed by atoms with Gasteiger partial charge in [0, 0.05) is 19.0 Å². The van der Waals surface area contributed by atoms with E-state index in [4.69, 9.17) is 0 Å². The third-order valence-corrected chi connectivity index (χ3v) is 2.80. The van der Waals surface area contributed by atoms with E-state index in [1.165, 1.54) is 38.8 Å². The largest absolute Gasteiger partial charge is 0.354 e. The Morgan fingerprint density at radius 3 is 2.33 bits per heavy atom. The van der Waals surface area contributed by atoms with Crippen LogP contribution in [-0.2, 0) is 4.79 Å². The molecule has 1 rings (SSSR count). The molecule has 3 heteroatoms. The lowest BCUT2D eigenvalue weighted by Gasteiger charge is -2.19. The minimum absolute atomic E-state index is 0.189. The predicted molar refractivity (Wildman–Crippen MR) is 62.8 cm³/mol. The zero-order chi connectivity index (χ0) is 11.1. The van der Waals surface area contributed by atoms with E-state index in [2.05, 4.69) is 10.2 Å². The summed E-state index contributed by atoms with van der Waals surface area (Å²) in [5, 5.41) is 2.93. The SMILES string of the molecule is CC(C)NC(=O)CCN1CCCCCC1. The number of hydrogen-bond acceptors (Lipinski definition) is 2. The van der Waals surface area contributed by atoms with E-state index < -0.39 is 0 Å². The lowest BCUT2D eigenvalue weighted by molar-refractivity contribution is -0.121. The molecule has 15 heavy (non-hydrogen) atoms. The molecule has 0 bridgehead atoms. The Hall–Kier alpha value is -0.570. The maximum absolute atomic E-state index is 11.4. The molecule has 1 aliphatic heterocycles. The molecule has 1 heterocycles. The monoisotopic (exact) mass is 212 g/mol. The maximum Gasteiger partial charge on any atom is 0.221 e. The second-order valence-corrected chi connectivity index (χ2v) is 4.73. The van der Waals surface area contributed by atoms with Gasteiger partial charge in [0.05, 0.1) is 0 Å². The molecular formula is C12H24N2O. The van der Waals surface area contributed by atoms with Crippen LogP contribution in [0, 0.1) is 0 Å². The number of carbonyl (C=O) groups is 1. The molecule has 0 atom stereocenters. The summed E-state index contributed by atoms with van der Waals surface area (Å²) in [6, 6.07) is 0.265. The minimum Gasteiger partial charge on any atom is -0.354 e. The number of hydrogen-bond donors (Lipinski definition) is 1. The first-order chi connectivity index (χ1) is 7.18. The van der Waals surface area contributed by atoms with Gasteiger partial charge in [0.1, 0.15) is 0 Å². The fourth-order valence-corrected chi connectivity index (χ4v) is 2.01. The van der Waals surface area contributed by atoms with Gasteiger partial charge in [-0.2, -0.15) is 0 Å². The molecule has 0 unspecified atom stereocenters. The molecule has 0 aromatic heterocycles. The molecule has 1 fully saturated rings. The average Bonchev–Trinajstić information content (AvgIpc) is 2.41. The average molecular weight is 212 g/mol. The van der Waals surface area contributed by atoms with Crippen molar-refractivity contribution in [3.8, 4) is 0 Å². The summed E-state index contributed by atoms with van der Waals surface area (Å²) >= 11 is 0. The lowest BCUT2D eigenvalue weighted by atomic mass is 10.2. The van der Waals surface area contributed by atoms with E-state index in [1.54, 1.807) is 0 Å². The zero-order valence-corrected chi connectivity index (χ0v) is 10.1. The van der Waals surface area contributed by atoms with Crippen LogP contribution in [-0.4, -0.2) is 36.5 Å². The van der Waals surface area contributed by atoms with Gasteiger partial charge in [-0.3, -0.25) is 4.79 Å². The second-order valence-electron chi connectivity index (χ2n) is 4.73. The van der Waals surface area contributed by atoms with Crippen LogP contribution in [0.1, 0.15) is 46.0 Å². The van der Waals surface area contributed by atoms with Crippen molar-refractivity contribution in [1.82, 2.24) is 10.2 Å². The first-order valence-electron chi connectivity index (χ1n) is 6.20. The number of nitrogens with one attached hydrogen (secondary N) is 1. The van der Waals surface area contributed by atoms with Gasteiger partial charge in [0.2, 0.25) is 5.91 Å². The molecule has 1 amide bonds. The van der Waals surface area contributed by atoms with Crippen LogP contribution in [0.2, 0.25) is 0 Å². The Balaban J connectivity index is 2.14. The molecule has 0 spiro atoms. The Morgan fingerprint density at radius 2 is 1.80 bits per heavy atom. The van der Waals surface area contributed by atoms with Crippen LogP contribution in [0.3, 0.4) is 0 Å². The van der Waals surface area contributed by atoms with E-state index in [0.29, 0.717) is 6.42 Å². The van der Waals surface area contributed by atoms with Gasteiger partial charge in [-0.05, 0) is 39.8 Å². The molecular weight excluding hydrogens is 188 g/mol. The van der Waals surface area contributed by atoms with Gasteiger partial charge in [-0.1, -0.05) is 12.8 Å². The normalized spacial score (nSPS) is 18.9. The standard InChI is InChI=1S/C12H24N2O/c1-11(2)13-12(15)7-10-14-8-5-3-4-6-9-14/h11H,3-10H2,1-2H3,(H,13,15). The number of likely N-dealkylation sites (tertiary alicyclic amines) is 1. The topological polar surface area (TPSA) is 32.3 Å². The fraction of sp³-hybridized carbons (Fsp3) is 0.917. The van der Waals surface area contributed by atoms with Crippen LogP contribution >= 0.6 is 0 Å². The quantitative estimate of drug-likeness (QED) is 0.770. The van der Waals surface area contributed by atoms with Gasteiger partial charge in [0.25, 0.3) is 0 Å². The summed E-state index contributed by atoms with van der Waals surface area (Å²) in [6.45, 7) is 7.29. The summed E-state index contributed by atoms with van der Waals surface area (Å²) in [7, 11) is 0. The first kappa shape index (κ1) is 12.5. The van der Waals surface area contributed by atoms with E-state index >= 15 is 0 Å². The molecule has 0 aromatic rings. The van der Waals surface area contributed by atoms with Crippen molar-refractivity contribution in [2.24, 2.45) is 0 Å². The van der Waals surface area contributed by atoms with Crippen molar-refractivity contribution in [2.45, 2.75) is 52.0 Å². The van der Waals surface area contributed by atoms with Crippen LogP contribution in [0.5, 0.6) is 0 Å². The second kappa shape index (κ2) is 6.83. The molecule has 3 nitrogen and oxygen atoms in total. The van der Waals surface area contributed by atoms with Gasteiger partial charge < -0.3 is 10.2 Å². The Morgan fingerprint density at radius 1 is 1.20 bits per heavy atom. The molecule has 0 aromatic carbocycles. The predicted octanol–water partition coefficient (Wildman–Crippen LogP) is 1.78. The van der Waals surface area contributed by atoms with Gasteiger partial charge in [-0.25, -0.2) is 0 Å². The molecule has 0 aliphatic carbocycles. The fourth-order valence-electron chi connectivity index (χ4n) is 2.01. The summed E-state index contributed by atoms with van der Waals surface area (Å²) in [5.41, 5.74) is 0. The number of nitrogens with zero attached hydrogens (tertiary/aromatic N) is 1. The maximum atomic E-state index is 11.4. The van der Waals surface area contributed by atoms with Gasteiger partial charge >= 0.3 is 0 Å².